The van der Waals surface area contributed by atoms with Gasteiger partial charge in [0.25, 0.3) is 0 Å². The molecule has 0 aliphatic carbocycles. The molecule has 0 spiro atoms. The standard InChI is InChI=1S/C50H34N4/c1-6-16-35(17-7-1)42-30-43(32-45(31-42)50-53-48(40-22-12-4-13-23-40)52-49(54-50)41-24-14-5-15-25-41)36-26-28-37(29-27-36)44-33-46(38-18-8-2-9-19-38)51-47(34-44)39-20-10-3-11-21-39/h1-34H. The summed E-state index contributed by atoms with van der Waals surface area (Å²) in [5.74, 6) is 1.90. The predicted octanol–water partition coefficient (Wildman–Crippen LogP) is 12.6. The number of hydrogen-bond acceptors (Lipinski definition) is 4. The first-order valence-corrected chi connectivity index (χ1v) is 18.1. The lowest BCUT2D eigenvalue weighted by atomic mass is 9.94. The van der Waals surface area contributed by atoms with Crippen molar-refractivity contribution in [1.29, 1.82) is 0 Å². The molecule has 0 radical (unpaired) electrons. The minimum atomic E-state index is 0.622. The Labute approximate surface area is 315 Å². The molecule has 0 amide bonds. The third kappa shape index (κ3) is 6.97. The SMILES string of the molecule is c1ccc(-c2cc(-c3ccc(-c4cc(-c5ccccc5)nc(-c5ccccc5)c4)cc3)cc(-c3nc(-c4ccccc4)nc(-c4ccccc4)n3)c2)cc1. The first kappa shape index (κ1) is 32.6. The van der Waals surface area contributed by atoms with E-state index < -0.39 is 0 Å². The van der Waals surface area contributed by atoms with E-state index in [1.807, 2.05) is 78.9 Å². The van der Waals surface area contributed by atoms with Crippen LogP contribution in [0.25, 0.3) is 90.1 Å². The van der Waals surface area contributed by atoms with Crippen LogP contribution in [-0.2, 0) is 0 Å². The zero-order chi connectivity index (χ0) is 36.1. The third-order valence-corrected chi connectivity index (χ3v) is 9.51. The molecule has 2 heterocycles. The van der Waals surface area contributed by atoms with Crippen molar-refractivity contribution in [2.45, 2.75) is 0 Å². The Morgan fingerprint density at radius 1 is 0.185 bits per heavy atom. The van der Waals surface area contributed by atoms with E-state index >= 15 is 0 Å². The fraction of sp³-hybridized carbons (Fsp3) is 0. The first-order chi connectivity index (χ1) is 26.7. The van der Waals surface area contributed by atoms with Gasteiger partial charge in [-0.1, -0.05) is 176 Å². The number of nitrogens with zero attached hydrogens (tertiary/aromatic N) is 4. The summed E-state index contributed by atoms with van der Waals surface area (Å²) in [6.07, 6.45) is 0. The van der Waals surface area contributed by atoms with Gasteiger partial charge in [0.2, 0.25) is 0 Å². The van der Waals surface area contributed by atoms with Crippen LogP contribution in [0.5, 0.6) is 0 Å². The van der Waals surface area contributed by atoms with Crippen molar-refractivity contribution >= 4 is 0 Å². The molecule has 4 heteroatoms. The molecule has 9 aromatic rings. The fourth-order valence-electron chi connectivity index (χ4n) is 6.72. The van der Waals surface area contributed by atoms with Crippen molar-refractivity contribution in [3.8, 4) is 90.1 Å². The number of rotatable bonds is 8. The van der Waals surface area contributed by atoms with E-state index in [1.165, 1.54) is 0 Å². The summed E-state index contributed by atoms with van der Waals surface area (Å²) in [6, 6.07) is 71.2. The topological polar surface area (TPSA) is 51.6 Å². The molecule has 9 rings (SSSR count). The van der Waals surface area contributed by atoms with Crippen molar-refractivity contribution in [2.75, 3.05) is 0 Å². The van der Waals surface area contributed by atoms with Crippen LogP contribution in [0.1, 0.15) is 0 Å². The van der Waals surface area contributed by atoms with Gasteiger partial charge in [-0.05, 0) is 63.7 Å². The summed E-state index contributed by atoms with van der Waals surface area (Å²) in [7, 11) is 0. The molecular weight excluding hydrogens is 657 g/mol. The second-order valence-electron chi connectivity index (χ2n) is 13.1. The molecule has 254 valence electrons. The molecule has 0 N–H and O–H groups in total. The molecule has 0 aliphatic rings. The second-order valence-corrected chi connectivity index (χ2v) is 13.1. The lowest BCUT2D eigenvalue weighted by Crippen LogP contribution is -2.00. The third-order valence-electron chi connectivity index (χ3n) is 9.51. The Hall–Kier alpha value is -7.30. The van der Waals surface area contributed by atoms with Gasteiger partial charge >= 0.3 is 0 Å². The summed E-state index contributed by atoms with van der Waals surface area (Å²) >= 11 is 0. The molecule has 54 heavy (non-hydrogen) atoms. The molecule has 0 atom stereocenters. The van der Waals surface area contributed by atoms with Gasteiger partial charge in [0.1, 0.15) is 0 Å². The van der Waals surface area contributed by atoms with Gasteiger partial charge in [-0.3, -0.25) is 0 Å². The maximum Gasteiger partial charge on any atom is 0.164 e. The van der Waals surface area contributed by atoms with E-state index in [9.17, 15) is 0 Å². The van der Waals surface area contributed by atoms with Gasteiger partial charge < -0.3 is 0 Å². The highest BCUT2D eigenvalue weighted by atomic mass is 15.0. The monoisotopic (exact) mass is 690 g/mol. The van der Waals surface area contributed by atoms with Gasteiger partial charge in [-0.15, -0.1) is 0 Å². The van der Waals surface area contributed by atoms with E-state index in [2.05, 4.69) is 127 Å². The minimum Gasteiger partial charge on any atom is -0.248 e. The van der Waals surface area contributed by atoms with Crippen molar-refractivity contribution < 1.29 is 0 Å². The van der Waals surface area contributed by atoms with Crippen molar-refractivity contribution in [2.24, 2.45) is 0 Å². The van der Waals surface area contributed by atoms with Crippen LogP contribution in [-0.4, -0.2) is 19.9 Å². The zero-order valence-electron chi connectivity index (χ0n) is 29.4. The molecule has 0 fully saturated rings. The lowest BCUT2D eigenvalue weighted by molar-refractivity contribution is 1.07. The maximum absolute atomic E-state index is 5.08. The Balaban J connectivity index is 1.16. The van der Waals surface area contributed by atoms with Gasteiger partial charge in [-0.25, -0.2) is 19.9 Å². The van der Waals surface area contributed by atoms with Crippen LogP contribution >= 0.6 is 0 Å². The normalized spacial score (nSPS) is 11.0. The first-order valence-electron chi connectivity index (χ1n) is 18.1. The summed E-state index contributed by atoms with van der Waals surface area (Å²) in [6.45, 7) is 0. The average molecular weight is 691 g/mol. The second kappa shape index (κ2) is 14.7. The van der Waals surface area contributed by atoms with Crippen molar-refractivity contribution in [3.05, 3.63) is 206 Å². The van der Waals surface area contributed by atoms with E-state index in [0.29, 0.717) is 17.5 Å². The molecule has 2 aromatic heterocycles. The Bertz CT molecular complexity index is 2550. The predicted molar refractivity (Wildman–Crippen MR) is 221 cm³/mol. The van der Waals surface area contributed by atoms with E-state index in [1.54, 1.807) is 0 Å². The zero-order valence-corrected chi connectivity index (χ0v) is 29.4. The van der Waals surface area contributed by atoms with Crippen molar-refractivity contribution in [1.82, 2.24) is 19.9 Å². The number of pyridine rings is 1. The van der Waals surface area contributed by atoms with Gasteiger partial charge in [0.05, 0.1) is 11.4 Å². The summed E-state index contributed by atoms with van der Waals surface area (Å²) in [4.78, 5) is 20.1. The fourth-order valence-corrected chi connectivity index (χ4v) is 6.72. The van der Waals surface area contributed by atoms with Crippen LogP contribution in [0.4, 0.5) is 0 Å². The molecule has 7 aromatic carbocycles. The quantitative estimate of drug-likeness (QED) is 0.159. The smallest absolute Gasteiger partial charge is 0.164 e. The molecular formula is C50H34N4. The Morgan fingerprint density at radius 3 is 0.852 bits per heavy atom. The molecule has 0 saturated carbocycles. The minimum absolute atomic E-state index is 0.622. The maximum atomic E-state index is 5.08. The molecule has 0 aliphatic heterocycles. The molecule has 0 saturated heterocycles. The van der Waals surface area contributed by atoms with Crippen LogP contribution < -0.4 is 0 Å². The Morgan fingerprint density at radius 2 is 0.463 bits per heavy atom. The Kier molecular flexibility index (Phi) is 8.90. The van der Waals surface area contributed by atoms with Crippen LogP contribution in [0, 0.1) is 0 Å². The largest absolute Gasteiger partial charge is 0.248 e. The highest BCUT2D eigenvalue weighted by molar-refractivity contribution is 5.82. The highest BCUT2D eigenvalue weighted by Crippen LogP contribution is 2.35. The van der Waals surface area contributed by atoms with Crippen LogP contribution in [0.15, 0.2) is 206 Å². The molecule has 0 unspecified atom stereocenters. The van der Waals surface area contributed by atoms with Gasteiger partial charge in [-0.2, -0.15) is 0 Å². The van der Waals surface area contributed by atoms with Crippen LogP contribution in [0.2, 0.25) is 0 Å². The summed E-state index contributed by atoms with van der Waals surface area (Å²) in [5.41, 5.74) is 13.5. The van der Waals surface area contributed by atoms with Gasteiger partial charge in [0.15, 0.2) is 17.5 Å². The molecule has 0 bridgehead atoms. The number of hydrogen-bond donors (Lipinski definition) is 0. The van der Waals surface area contributed by atoms with E-state index in [-0.39, 0.29) is 0 Å². The van der Waals surface area contributed by atoms with Crippen LogP contribution in [0.3, 0.4) is 0 Å². The average Bonchev–Trinajstić information content (AvgIpc) is 3.27. The number of benzene rings is 7. The highest BCUT2D eigenvalue weighted by Gasteiger charge is 2.15. The molecule has 4 nitrogen and oxygen atoms in total. The number of aromatic nitrogens is 4. The lowest BCUT2D eigenvalue weighted by Gasteiger charge is -2.13. The van der Waals surface area contributed by atoms with E-state index in [0.717, 1.165) is 72.6 Å². The summed E-state index contributed by atoms with van der Waals surface area (Å²) in [5, 5.41) is 0. The van der Waals surface area contributed by atoms with Gasteiger partial charge in [0, 0.05) is 27.8 Å². The van der Waals surface area contributed by atoms with E-state index in [4.69, 9.17) is 19.9 Å². The summed E-state index contributed by atoms with van der Waals surface area (Å²) < 4.78 is 0. The van der Waals surface area contributed by atoms with Crippen molar-refractivity contribution in [3.63, 3.8) is 0 Å².